The molecule has 1 aromatic rings. The van der Waals surface area contributed by atoms with Crippen LogP contribution in [0.4, 0.5) is 4.79 Å². The maximum atomic E-state index is 10.6. The molecule has 1 aliphatic rings. The van der Waals surface area contributed by atoms with Crippen molar-refractivity contribution in [2.24, 2.45) is 4.99 Å². The molecule has 1 aliphatic carbocycles. The maximum Gasteiger partial charge on any atom is 0.302 e. The Bertz CT molecular complexity index is 558. The number of hydrogen-bond donors (Lipinski definition) is 1. The molecule has 2 rings (SSSR count). The fourth-order valence-electron chi connectivity index (χ4n) is 1.59. The predicted octanol–water partition coefficient (Wildman–Crippen LogP) is 2.88. The van der Waals surface area contributed by atoms with Crippen LogP contribution in [0.2, 0.25) is 0 Å². The van der Waals surface area contributed by atoms with Crippen molar-refractivity contribution >= 4 is 24.2 Å². The van der Waals surface area contributed by atoms with Crippen molar-refractivity contribution in [3.63, 3.8) is 0 Å². The van der Waals surface area contributed by atoms with Gasteiger partial charge in [0.15, 0.2) is 0 Å². The van der Waals surface area contributed by atoms with Crippen molar-refractivity contribution in [3.8, 4) is 0 Å². The number of nitrogens with zero attached hydrogens (tertiary/aromatic N) is 3. The molecule has 0 saturated carbocycles. The number of unbranched alkanes of at least 4 members (excludes halogenated alkanes) is 1. The largest absolute Gasteiger partial charge is 0.303 e. The molecule has 0 aromatic carbocycles. The van der Waals surface area contributed by atoms with Crippen LogP contribution in [0.3, 0.4) is 0 Å². The minimum absolute atomic E-state index is 0.148. The van der Waals surface area contributed by atoms with E-state index in [9.17, 15) is 9.59 Å². The number of rotatable bonds is 3. The summed E-state index contributed by atoms with van der Waals surface area (Å²) >= 11 is 3.57. The number of hydrogen-bond acceptors (Lipinski definition) is 3. The van der Waals surface area contributed by atoms with Crippen molar-refractivity contribution in [1.82, 2.24) is 9.78 Å². The minimum Gasteiger partial charge on any atom is -0.303 e. The second kappa shape index (κ2) is 9.88. The van der Waals surface area contributed by atoms with E-state index < -0.39 is 5.24 Å². The summed E-state index contributed by atoms with van der Waals surface area (Å²) in [6, 6.07) is 1.88. The average Bonchev–Trinajstić information content (AvgIpc) is 2.50. The first kappa shape index (κ1) is 17.1. The Balaban J connectivity index is 0.000000383. The lowest BCUT2D eigenvalue weighted by Crippen LogP contribution is -2.14. The molecule has 0 radical (unpaired) electrons. The number of aromatic nitrogens is 2. The van der Waals surface area contributed by atoms with Gasteiger partial charge in [-0.25, -0.2) is 4.99 Å². The molecule has 21 heavy (non-hydrogen) atoms. The van der Waals surface area contributed by atoms with Crippen molar-refractivity contribution in [1.29, 1.82) is 0 Å². The van der Waals surface area contributed by atoms with E-state index in [2.05, 4.69) is 47.0 Å². The molecule has 0 N–H and O–H groups in total. The van der Waals surface area contributed by atoms with Gasteiger partial charge in [-0.2, -0.15) is 5.10 Å². The Labute approximate surface area is 129 Å². The van der Waals surface area contributed by atoms with Crippen molar-refractivity contribution in [3.05, 3.63) is 48.1 Å². The van der Waals surface area contributed by atoms with Crippen LogP contribution in [0.25, 0.3) is 0 Å². The third kappa shape index (κ3) is 6.85. The highest BCUT2D eigenvalue weighted by molar-refractivity contribution is 7.96. The number of allylic oxidation sites excluding steroid dienone is 4. The van der Waals surface area contributed by atoms with Gasteiger partial charge < -0.3 is 4.79 Å². The lowest BCUT2D eigenvalue weighted by molar-refractivity contribution is -0.107. The molecule has 5 nitrogen and oxygen atoms in total. The van der Waals surface area contributed by atoms with Crippen LogP contribution in [0.1, 0.15) is 32.2 Å². The monoisotopic (exact) mass is 305 g/mol. The fraction of sp³-hybridized carbons (Fsp3) is 0.333. The molecule has 1 aromatic heterocycles. The van der Waals surface area contributed by atoms with Gasteiger partial charge in [-0.3, -0.25) is 9.48 Å². The van der Waals surface area contributed by atoms with E-state index in [0.29, 0.717) is 11.8 Å². The van der Waals surface area contributed by atoms with Gasteiger partial charge in [-0.05, 0) is 18.9 Å². The second-order valence-corrected chi connectivity index (χ2v) is 4.68. The molecule has 0 fully saturated rings. The molecule has 0 aliphatic heterocycles. The number of carbonyl (C=O) groups is 2. The Kier molecular flexibility index (Phi) is 8.04. The molecular weight excluding hydrogens is 286 g/mol. The lowest BCUT2D eigenvalue weighted by Gasteiger charge is -2.13. The van der Waals surface area contributed by atoms with Gasteiger partial charge in [0, 0.05) is 12.6 Å². The molecule has 1 amide bonds. The minimum atomic E-state index is -0.517. The summed E-state index contributed by atoms with van der Waals surface area (Å²) in [7, 11) is 0. The first-order valence-corrected chi connectivity index (χ1v) is 7.21. The van der Waals surface area contributed by atoms with Gasteiger partial charge in [0.25, 0.3) is 0 Å². The van der Waals surface area contributed by atoms with Crippen molar-refractivity contribution in [2.75, 3.05) is 0 Å². The zero-order valence-corrected chi connectivity index (χ0v) is 12.8. The van der Waals surface area contributed by atoms with E-state index in [1.54, 1.807) is 23.1 Å². The molecule has 0 bridgehead atoms. The Morgan fingerprint density at radius 1 is 1.52 bits per heavy atom. The zero-order valence-electron chi connectivity index (χ0n) is 11.9. The number of aldehydes is 1. The quantitative estimate of drug-likeness (QED) is 0.530. The van der Waals surface area contributed by atoms with Gasteiger partial charge in [-0.1, -0.05) is 43.9 Å². The molecule has 6 heteroatoms. The normalized spacial score (nSPS) is 14.5. The van der Waals surface area contributed by atoms with E-state index >= 15 is 0 Å². The summed E-state index contributed by atoms with van der Waals surface area (Å²) in [5, 5.41) is 4.19. The van der Waals surface area contributed by atoms with Gasteiger partial charge in [0.05, 0.1) is 17.6 Å². The van der Waals surface area contributed by atoms with Crippen LogP contribution in [0, 0.1) is 0 Å². The van der Waals surface area contributed by atoms with Crippen LogP contribution >= 0.6 is 12.6 Å². The van der Waals surface area contributed by atoms with Crippen LogP contribution in [-0.4, -0.2) is 21.3 Å². The molecule has 0 spiro atoms. The smallest absolute Gasteiger partial charge is 0.302 e. The van der Waals surface area contributed by atoms with Gasteiger partial charge in [0.1, 0.15) is 6.29 Å². The van der Waals surface area contributed by atoms with Crippen LogP contribution in [0.5, 0.6) is 0 Å². The number of thiol groups is 1. The van der Waals surface area contributed by atoms with E-state index in [-0.39, 0.29) is 6.04 Å². The molecule has 1 heterocycles. The molecule has 112 valence electrons. The third-order valence-corrected chi connectivity index (χ3v) is 2.70. The van der Waals surface area contributed by atoms with E-state index in [4.69, 9.17) is 0 Å². The van der Waals surface area contributed by atoms with E-state index in [1.807, 2.05) is 6.92 Å². The summed E-state index contributed by atoms with van der Waals surface area (Å²) in [5.41, 5.74) is 0. The highest BCUT2D eigenvalue weighted by Gasteiger charge is 2.03. The molecular formula is C15H19N3O2S. The van der Waals surface area contributed by atoms with Gasteiger partial charge in [-0.15, -0.1) is 0 Å². The van der Waals surface area contributed by atoms with Crippen LogP contribution in [0.15, 0.2) is 47.8 Å². The molecule has 0 atom stereocenters. The topological polar surface area (TPSA) is 64.3 Å². The van der Waals surface area contributed by atoms with E-state index in [0.717, 1.165) is 19.1 Å². The highest BCUT2D eigenvalue weighted by atomic mass is 32.1. The summed E-state index contributed by atoms with van der Waals surface area (Å²) < 4.78 is 1.80. The van der Waals surface area contributed by atoms with Gasteiger partial charge in [0.2, 0.25) is 0 Å². The molecule has 0 unspecified atom stereocenters. The summed E-state index contributed by atoms with van der Waals surface area (Å²) in [6.07, 6.45) is 15.3. The predicted molar refractivity (Wildman–Crippen MR) is 85.1 cm³/mol. The standard InChI is InChI=1S/C11H11N3OS.C4H8O/c15-11(16)13-9-6-7-14(12-8-9)10-4-2-1-3-5-10;1-2-3-4-5/h2-8,10H,1H2,(H,15,16);4H,2-3H2,1H3. The Morgan fingerprint density at radius 3 is 2.67 bits per heavy atom. The van der Waals surface area contributed by atoms with Crippen LogP contribution in [-0.2, 0) is 4.79 Å². The number of amides is 1. The first-order valence-electron chi connectivity index (χ1n) is 6.76. The lowest BCUT2D eigenvalue weighted by atomic mass is 10.1. The van der Waals surface area contributed by atoms with Crippen molar-refractivity contribution in [2.45, 2.75) is 32.2 Å². The Morgan fingerprint density at radius 2 is 2.24 bits per heavy atom. The third-order valence-electron chi connectivity index (χ3n) is 2.60. The van der Waals surface area contributed by atoms with E-state index in [1.165, 1.54) is 0 Å². The van der Waals surface area contributed by atoms with Crippen LogP contribution < -0.4 is 5.36 Å². The Hall–Kier alpha value is -1.95. The second-order valence-electron chi connectivity index (χ2n) is 4.30. The summed E-state index contributed by atoms with van der Waals surface area (Å²) in [4.78, 5) is 23.7. The molecule has 0 saturated heterocycles. The fourth-order valence-corrected chi connectivity index (χ4v) is 1.70. The summed E-state index contributed by atoms with van der Waals surface area (Å²) in [5.74, 6) is 0. The first-order chi connectivity index (χ1) is 10.2. The highest BCUT2D eigenvalue weighted by Crippen LogP contribution is 2.12. The zero-order chi connectivity index (χ0) is 15.5. The van der Waals surface area contributed by atoms with Gasteiger partial charge >= 0.3 is 5.24 Å². The van der Waals surface area contributed by atoms with Crippen molar-refractivity contribution < 1.29 is 9.59 Å². The SMILES string of the molecule is CCCC=O.O=C(S)N=c1ccn(C2C=CCC=C2)nc1. The summed E-state index contributed by atoms with van der Waals surface area (Å²) in [6.45, 7) is 1.98. The average molecular weight is 305 g/mol. The number of carbonyl (C=O) groups excluding carboxylic acids is 2. The maximum absolute atomic E-state index is 10.6.